The number of carbonyl (C=O) groups excluding carboxylic acids is 1. The van der Waals surface area contributed by atoms with Crippen LogP contribution in [0.3, 0.4) is 0 Å². The number of carbonyl (C=O) groups is 1. The molecule has 0 saturated carbocycles. The second-order valence-corrected chi connectivity index (χ2v) is 6.00. The molecule has 1 aromatic heterocycles. The van der Waals surface area contributed by atoms with Crippen LogP contribution < -0.4 is 10.6 Å². The van der Waals surface area contributed by atoms with Crippen molar-refractivity contribution in [2.24, 2.45) is 0 Å². The Kier molecular flexibility index (Phi) is 5.45. The molecule has 4 nitrogen and oxygen atoms in total. The highest BCUT2D eigenvalue weighted by atomic mass is 79.9. The van der Waals surface area contributed by atoms with Crippen molar-refractivity contribution < 1.29 is 4.79 Å². The molecule has 1 aliphatic heterocycles. The number of nitrogens with zero attached hydrogens (tertiary/aromatic N) is 1. The third-order valence-electron chi connectivity index (χ3n) is 3.47. The lowest BCUT2D eigenvalue weighted by Gasteiger charge is -2.16. The van der Waals surface area contributed by atoms with E-state index >= 15 is 0 Å². The van der Waals surface area contributed by atoms with Gasteiger partial charge in [0.1, 0.15) is 5.69 Å². The van der Waals surface area contributed by atoms with Gasteiger partial charge in [0.05, 0.1) is 0 Å². The zero-order chi connectivity index (χ0) is 13.7. The van der Waals surface area contributed by atoms with Crippen molar-refractivity contribution >= 4 is 21.8 Å². The summed E-state index contributed by atoms with van der Waals surface area (Å²) in [6, 6.07) is 2.20. The Bertz CT molecular complexity index is 422. The third-order valence-corrected chi connectivity index (χ3v) is 3.90. The Morgan fingerprint density at radius 1 is 1.53 bits per heavy atom. The van der Waals surface area contributed by atoms with Crippen LogP contribution in [0.25, 0.3) is 0 Å². The van der Waals surface area contributed by atoms with Gasteiger partial charge in [0.15, 0.2) is 0 Å². The number of aromatic nitrogens is 1. The largest absolute Gasteiger partial charge is 0.348 e. The Balaban J connectivity index is 2.02. The smallest absolute Gasteiger partial charge is 0.268 e. The Hall–Kier alpha value is -0.810. The number of hydrogen-bond donors (Lipinski definition) is 2. The van der Waals surface area contributed by atoms with E-state index in [1.165, 1.54) is 0 Å². The Morgan fingerprint density at radius 3 is 3.16 bits per heavy atom. The molecule has 0 spiro atoms. The molecule has 19 heavy (non-hydrogen) atoms. The zero-order valence-corrected chi connectivity index (χ0v) is 13.0. The molecule has 1 saturated heterocycles. The zero-order valence-electron chi connectivity index (χ0n) is 11.4. The summed E-state index contributed by atoms with van der Waals surface area (Å²) < 4.78 is 2.99. The lowest BCUT2D eigenvalue weighted by atomic mass is 10.1. The summed E-state index contributed by atoms with van der Waals surface area (Å²) in [7, 11) is 0. The molecule has 1 aromatic rings. The molecular weight excluding hydrogens is 306 g/mol. The summed E-state index contributed by atoms with van der Waals surface area (Å²) >= 11 is 3.45. The fourth-order valence-corrected chi connectivity index (χ4v) is 2.98. The minimum Gasteiger partial charge on any atom is -0.348 e. The van der Waals surface area contributed by atoms with Gasteiger partial charge >= 0.3 is 0 Å². The first-order chi connectivity index (χ1) is 9.20. The first kappa shape index (κ1) is 14.6. The van der Waals surface area contributed by atoms with E-state index in [1.54, 1.807) is 0 Å². The van der Waals surface area contributed by atoms with Crippen molar-refractivity contribution in [2.75, 3.05) is 13.1 Å². The van der Waals surface area contributed by atoms with Gasteiger partial charge in [-0.05, 0) is 60.8 Å². The summed E-state index contributed by atoms with van der Waals surface area (Å²) in [4.78, 5) is 12.4. The van der Waals surface area contributed by atoms with Gasteiger partial charge in [0.25, 0.3) is 5.91 Å². The number of amides is 1. The topological polar surface area (TPSA) is 46.1 Å². The van der Waals surface area contributed by atoms with E-state index in [9.17, 15) is 4.79 Å². The van der Waals surface area contributed by atoms with Crippen LogP contribution in [0.4, 0.5) is 0 Å². The quantitative estimate of drug-likeness (QED) is 0.892. The molecule has 0 aliphatic carbocycles. The van der Waals surface area contributed by atoms with Crippen molar-refractivity contribution in [1.82, 2.24) is 15.2 Å². The summed E-state index contributed by atoms with van der Waals surface area (Å²) in [6.07, 6.45) is 6.21. The standard InChI is InChI=1S/C14H22BrN3O/c1-2-8-18-10-11(15)9-13(18)14(19)17-12-4-3-6-16-7-5-12/h9-10,12,16H,2-8H2,1H3,(H,17,19). The van der Waals surface area contributed by atoms with Crippen LogP contribution in [0.15, 0.2) is 16.7 Å². The number of aryl methyl sites for hydroxylation is 1. The molecule has 1 aliphatic rings. The van der Waals surface area contributed by atoms with E-state index in [-0.39, 0.29) is 5.91 Å². The molecule has 0 aromatic carbocycles. The van der Waals surface area contributed by atoms with Crippen LogP contribution >= 0.6 is 15.9 Å². The van der Waals surface area contributed by atoms with Gasteiger partial charge in [0, 0.05) is 23.3 Å². The van der Waals surface area contributed by atoms with E-state index in [0.717, 1.165) is 55.5 Å². The molecule has 2 heterocycles. The molecule has 1 atom stereocenters. The van der Waals surface area contributed by atoms with Crippen LogP contribution in [-0.2, 0) is 6.54 Å². The average molecular weight is 328 g/mol. The molecule has 0 radical (unpaired) electrons. The lowest BCUT2D eigenvalue weighted by Crippen LogP contribution is -2.36. The van der Waals surface area contributed by atoms with Crippen molar-refractivity contribution in [3.63, 3.8) is 0 Å². The average Bonchev–Trinajstić information content (AvgIpc) is 2.60. The number of hydrogen-bond acceptors (Lipinski definition) is 2. The minimum absolute atomic E-state index is 0.0473. The van der Waals surface area contributed by atoms with Crippen molar-refractivity contribution in [1.29, 1.82) is 0 Å². The maximum atomic E-state index is 12.4. The van der Waals surface area contributed by atoms with Gasteiger partial charge in [-0.15, -0.1) is 0 Å². The molecule has 0 bridgehead atoms. The van der Waals surface area contributed by atoms with Gasteiger partial charge in [0.2, 0.25) is 0 Å². The molecule has 1 amide bonds. The molecule has 1 unspecified atom stereocenters. The van der Waals surface area contributed by atoms with Gasteiger partial charge in [-0.1, -0.05) is 6.92 Å². The number of nitrogens with one attached hydrogen (secondary N) is 2. The van der Waals surface area contributed by atoms with Crippen molar-refractivity contribution in [3.8, 4) is 0 Å². The van der Waals surface area contributed by atoms with Gasteiger partial charge < -0.3 is 15.2 Å². The summed E-state index contributed by atoms with van der Waals surface area (Å²) in [6.45, 7) is 5.04. The molecule has 1 fully saturated rings. The highest BCUT2D eigenvalue weighted by Gasteiger charge is 2.18. The van der Waals surface area contributed by atoms with E-state index in [1.807, 2.05) is 16.8 Å². The second-order valence-electron chi connectivity index (χ2n) is 5.09. The third kappa shape index (κ3) is 4.08. The summed E-state index contributed by atoms with van der Waals surface area (Å²) in [5, 5.41) is 6.53. The molecule has 2 N–H and O–H groups in total. The van der Waals surface area contributed by atoms with Crippen LogP contribution in [0, 0.1) is 0 Å². The van der Waals surface area contributed by atoms with Gasteiger partial charge in [-0.25, -0.2) is 0 Å². The fourth-order valence-electron chi connectivity index (χ4n) is 2.51. The van der Waals surface area contributed by atoms with Gasteiger partial charge in [-0.3, -0.25) is 4.79 Å². The van der Waals surface area contributed by atoms with E-state index in [2.05, 4.69) is 33.5 Å². The van der Waals surface area contributed by atoms with Crippen molar-refractivity contribution in [3.05, 3.63) is 22.4 Å². The van der Waals surface area contributed by atoms with Crippen molar-refractivity contribution in [2.45, 2.75) is 45.2 Å². The fraction of sp³-hybridized carbons (Fsp3) is 0.643. The lowest BCUT2D eigenvalue weighted by molar-refractivity contribution is 0.0924. The predicted octanol–water partition coefficient (Wildman–Crippen LogP) is 2.53. The monoisotopic (exact) mass is 327 g/mol. The minimum atomic E-state index is 0.0473. The summed E-state index contributed by atoms with van der Waals surface area (Å²) in [5.74, 6) is 0.0473. The predicted molar refractivity (Wildman–Crippen MR) is 80.4 cm³/mol. The Labute approximate surface area is 123 Å². The molecule has 5 heteroatoms. The highest BCUT2D eigenvalue weighted by Crippen LogP contribution is 2.16. The number of halogens is 1. The maximum Gasteiger partial charge on any atom is 0.268 e. The van der Waals surface area contributed by atoms with Gasteiger partial charge in [-0.2, -0.15) is 0 Å². The Morgan fingerprint density at radius 2 is 2.37 bits per heavy atom. The SMILES string of the molecule is CCCn1cc(Br)cc1C(=O)NC1CCCNCC1. The molecule has 106 valence electrons. The highest BCUT2D eigenvalue weighted by molar-refractivity contribution is 9.10. The van der Waals surface area contributed by atoms with E-state index < -0.39 is 0 Å². The first-order valence-electron chi connectivity index (χ1n) is 7.08. The molecular formula is C14H22BrN3O. The van der Waals surface area contributed by atoms with Crippen LogP contribution in [0.2, 0.25) is 0 Å². The first-order valence-corrected chi connectivity index (χ1v) is 7.87. The number of rotatable bonds is 4. The van der Waals surface area contributed by atoms with Crippen LogP contribution in [0.5, 0.6) is 0 Å². The van der Waals surface area contributed by atoms with Crippen LogP contribution in [0.1, 0.15) is 43.1 Å². The normalized spacial score (nSPS) is 20.0. The van der Waals surface area contributed by atoms with Crippen LogP contribution in [-0.4, -0.2) is 29.6 Å². The molecule has 2 rings (SSSR count). The maximum absolute atomic E-state index is 12.4. The summed E-state index contributed by atoms with van der Waals surface area (Å²) in [5.41, 5.74) is 0.755. The second kappa shape index (κ2) is 7.10. The van der Waals surface area contributed by atoms with E-state index in [4.69, 9.17) is 0 Å². The van der Waals surface area contributed by atoms with E-state index in [0.29, 0.717) is 6.04 Å².